The van der Waals surface area contributed by atoms with Crippen molar-refractivity contribution in [2.24, 2.45) is 0 Å². The van der Waals surface area contributed by atoms with Crippen molar-refractivity contribution in [1.82, 2.24) is 14.5 Å². The number of aryl methyl sites for hydroxylation is 2. The van der Waals surface area contributed by atoms with Crippen LogP contribution in [0.4, 0.5) is 0 Å². The lowest BCUT2D eigenvalue weighted by Crippen LogP contribution is -2.25. The van der Waals surface area contributed by atoms with Crippen molar-refractivity contribution in [2.45, 2.75) is 33.0 Å². The summed E-state index contributed by atoms with van der Waals surface area (Å²) in [6, 6.07) is 16.5. The fourth-order valence-electron chi connectivity index (χ4n) is 3.83. The number of benzene rings is 2. The predicted molar refractivity (Wildman–Crippen MR) is 115 cm³/mol. The average molecular weight is 389 g/mol. The Balaban J connectivity index is 1.55. The molecule has 5 nitrogen and oxygen atoms in total. The molecule has 29 heavy (non-hydrogen) atoms. The first-order chi connectivity index (χ1) is 14.2. The Morgan fingerprint density at radius 3 is 2.72 bits per heavy atom. The SMILES string of the molecule is COc1ccccc1CN(CCCn1ccnc1)Cc1c(C)oc2ccccc12. The number of aromatic nitrogens is 2. The Labute approximate surface area is 171 Å². The largest absolute Gasteiger partial charge is 0.496 e. The van der Waals surface area contributed by atoms with Crippen LogP contribution in [0.3, 0.4) is 0 Å². The lowest BCUT2D eigenvalue weighted by atomic mass is 10.1. The summed E-state index contributed by atoms with van der Waals surface area (Å²) in [5, 5.41) is 1.20. The van der Waals surface area contributed by atoms with Crippen molar-refractivity contribution in [3.05, 3.63) is 84.1 Å². The summed E-state index contributed by atoms with van der Waals surface area (Å²) in [6.45, 7) is 5.64. The third kappa shape index (κ3) is 4.51. The van der Waals surface area contributed by atoms with Crippen LogP contribution in [0.15, 0.2) is 71.7 Å². The number of methoxy groups -OCH3 is 1. The van der Waals surface area contributed by atoms with Gasteiger partial charge in [0.05, 0.1) is 13.4 Å². The van der Waals surface area contributed by atoms with Gasteiger partial charge in [-0.3, -0.25) is 4.90 Å². The number of rotatable bonds is 9. The molecule has 0 bridgehead atoms. The van der Waals surface area contributed by atoms with Gasteiger partial charge in [0.1, 0.15) is 17.1 Å². The Bertz CT molecular complexity index is 1050. The van der Waals surface area contributed by atoms with Crippen LogP contribution in [0.1, 0.15) is 23.3 Å². The van der Waals surface area contributed by atoms with Crippen molar-refractivity contribution < 1.29 is 9.15 Å². The number of ether oxygens (including phenoxy) is 1. The molecule has 2 aromatic carbocycles. The molecule has 4 rings (SSSR count). The van der Waals surface area contributed by atoms with Crippen molar-refractivity contribution in [3.8, 4) is 5.75 Å². The maximum Gasteiger partial charge on any atom is 0.134 e. The minimum Gasteiger partial charge on any atom is -0.496 e. The van der Waals surface area contributed by atoms with E-state index in [0.29, 0.717) is 0 Å². The van der Waals surface area contributed by atoms with Gasteiger partial charge in [-0.25, -0.2) is 4.98 Å². The molecular weight excluding hydrogens is 362 g/mol. The summed E-state index contributed by atoms with van der Waals surface area (Å²) in [5.41, 5.74) is 3.41. The topological polar surface area (TPSA) is 43.4 Å². The van der Waals surface area contributed by atoms with E-state index in [1.54, 1.807) is 7.11 Å². The molecule has 0 saturated carbocycles. The molecule has 5 heteroatoms. The summed E-state index contributed by atoms with van der Waals surface area (Å²) in [4.78, 5) is 6.61. The van der Waals surface area contributed by atoms with Crippen LogP contribution in [0, 0.1) is 6.92 Å². The summed E-state index contributed by atoms with van der Waals surface area (Å²) in [7, 11) is 1.73. The first-order valence-corrected chi connectivity index (χ1v) is 10.0. The quantitative estimate of drug-likeness (QED) is 0.402. The van der Waals surface area contributed by atoms with Gasteiger partial charge in [0.2, 0.25) is 0 Å². The maximum absolute atomic E-state index is 5.99. The zero-order chi connectivity index (χ0) is 20.1. The lowest BCUT2D eigenvalue weighted by Gasteiger charge is -2.23. The molecule has 0 aliphatic carbocycles. The highest BCUT2D eigenvalue weighted by molar-refractivity contribution is 5.82. The molecule has 0 atom stereocenters. The van der Waals surface area contributed by atoms with Gasteiger partial charge in [-0.15, -0.1) is 0 Å². The Kier molecular flexibility index (Phi) is 5.96. The van der Waals surface area contributed by atoms with Gasteiger partial charge in [-0.2, -0.15) is 0 Å². The molecule has 0 unspecified atom stereocenters. The number of fused-ring (bicyclic) bond motifs is 1. The monoisotopic (exact) mass is 389 g/mol. The van der Waals surface area contributed by atoms with Crippen molar-refractivity contribution in [2.75, 3.05) is 13.7 Å². The van der Waals surface area contributed by atoms with Crippen LogP contribution < -0.4 is 4.74 Å². The second kappa shape index (κ2) is 8.97. The van der Waals surface area contributed by atoms with E-state index in [1.807, 2.05) is 43.0 Å². The smallest absolute Gasteiger partial charge is 0.134 e. The summed E-state index contributed by atoms with van der Waals surface area (Å²) >= 11 is 0. The lowest BCUT2D eigenvalue weighted by molar-refractivity contribution is 0.244. The summed E-state index contributed by atoms with van der Waals surface area (Å²) in [5.74, 6) is 1.92. The second-order valence-corrected chi connectivity index (χ2v) is 7.31. The molecule has 0 aliphatic heterocycles. The fourth-order valence-corrected chi connectivity index (χ4v) is 3.83. The molecule has 0 amide bonds. The molecule has 0 N–H and O–H groups in total. The standard InChI is InChI=1S/C24H27N3O2/c1-19-22(21-9-4-6-11-24(21)29-19)17-27(14-7-13-26-15-12-25-18-26)16-20-8-3-5-10-23(20)28-2/h3-6,8-12,15,18H,7,13-14,16-17H2,1-2H3. The number of furan rings is 1. The molecule has 4 aromatic rings. The molecule has 2 aromatic heterocycles. The first kappa shape index (κ1) is 19.3. The third-order valence-corrected chi connectivity index (χ3v) is 5.32. The number of hydrogen-bond donors (Lipinski definition) is 0. The van der Waals surface area contributed by atoms with Crippen LogP contribution in [0.2, 0.25) is 0 Å². The van der Waals surface area contributed by atoms with Crippen LogP contribution >= 0.6 is 0 Å². The highest BCUT2D eigenvalue weighted by Crippen LogP contribution is 2.28. The second-order valence-electron chi connectivity index (χ2n) is 7.31. The Hall–Kier alpha value is -3.05. The zero-order valence-corrected chi connectivity index (χ0v) is 17.0. The van der Waals surface area contributed by atoms with Gasteiger partial charge in [-0.05, 0) is 25.5 Å². The first-order valence-electron chi connectivity index (χ1n) is 10.0. The Morgan fingerprint density at radius 1 is 1.07 bits per heavy atom. The zero-order valence-electron chi connectivity index (χ0n) is 17.0. The fraction of sp³-hybridized carbons (Fsp3) is 0.292. The minimum atomic E-state index is 0.826. The Morgan fingerprint density at radius 2 is 1.90 bits per heavy atom. The normalized spacial score (nSPS) is 11.4. The van der Waals surface area contributed by atoms with Crippen LogP contribution in [0.5, 0.6) is 5.75 Å². The molecular formula is C24H27N3O2. The van der Waals surface area contributed by atoms with Gasteiger partial charge in [0, 0.05) is 55.1 Å². The van der Waals surface area contributed by atoms with Crippen LogP contribution in [-0.4, -0.2) is 28.1 Å². The minimum absolute atomic E-state index is 0.826. The number of hydrogen-bond acceptors (Lipinski definition) is 4. The molecule has 0 aliphatic rings. The number of para-hydroxylation sites is 2. The van der Waals surface area contributed by atoms with Gasteiger partial charge >= 0.3 is 0 Å². The molecule has 2 heterocycles. The van der Waals surface area contributed by atoms with E-state index in [4.69, 9.17) is 9.15 Å². The van der Waals surface area contributed by atoms with Crippen molar-refractivity contribution >= 4 is 11.0 Å². The van der Waals surface area contributed by atoms with E-state index < -0.39 is 0 Å². The summed E-state index contributed by atoms with van der Waals surface area (Å²) in [6.07, 6.45) is 6.75. The molecule has 0 saturated heterocycles. The average Bonchev–Trinajstić information content (AvgIpc) is 3.36. The van der Waals surface area contributed by atoms with Crippen molar-refractivity contribution in [3.63, 3.8) is 0 Å². The number of imidazole rings is 1. The van der Waals surface area contributed by atoms with Gasteiger partial charge < -0.3 is 13.7 Å². The van der Waals surface area contributed by atoms with E-state index in [0.717, 1.165) is 49.7 Å². The molecule has 0 spiro atoms. The van der Waals surface area contributed by atoms with E-state index in [-0.39, 0.29) is 0 Å². The highest BCUT2D eigenvalue weighted by Gasteiger charge is 2.16. The van der Waals surface area contributed by atoms with Crippen molar-refractivity contribution in [1.29, 1.82) is 0 Å². The predicted octanol–water partition coefficient (Wildman–Crippen LogP) is 5.04. The van der Waals surface area contributed by atoms with E-state index in [1.165, 1.54) is 16.5 Å². The highest BCUT2D eigenvalue weighted by atomic mass is 16.5. The van der Waals surface area contributed by atoms with E-state index in [2.05, 4.69) is 45.6 Å². The third-order valence-electron chi connectivity index (χ3n) is 5.32. The van der Waals surface area contributed by atoms with E-state index >= 15 is 0 Å². The summed E-state index contributed by atoms with van der Waals surface area (Å²) < 4.78 is 13.7. The molecule has 150 valence electrons. The van der Waals surface area contributed by atoms with E-state index in [9.17, 15) is 0 Å². The van der Waals surface area contributed by atoms with Gasteiger partial charge in [0.15, 0.2) is 0 Å². The van der Waals surface area contributed by atoms with Gasteiger partial charge in [0.25, 0.3) is 0 Å². The number of nitrogens with zero attached hydrogens (tertiary/aromatic N) is 3. The maximum atomic E-state index is 5.99. The van der Waals surface area contributed by atoms with Crippen LogP contribution in [0.25, 0.3) is 11.0 Å². The molecule has 0 fully saturated rings. The van der Waals surface area contributed by atoms with Gasteiger partial charge in [-0.1, -0.05) is 36.4 Å². The van der Waals surface area contributed by atoms with Crippen LogP contribution in [-0.2, 0) is 19.6 Å². The molecule has 0 radical (unpaired) electrons.